The number of nitriles is 1. The first-order valence-electron chi connectivity index (χ1n) is 9.34. The van der Waals surface area contributed by atoms with E-state index in [1.807, 2.05) is 6.07 Å². The highest BCUT2D eigenvalue weighted by molar-refractivity contribution is 5.70. The van der Waals surface area contributed by atoms with E-state index in [2.05, 4.69) is 0 Å². The zero-order valence-electron chi connectivity index (χ0n) is 16.2. The van der Waals surface area contributed by atoms with Crippen molar-refractivity contribution in [3.05, 3.63) is 69.1 Å². The van der Waals surface area contributed by atoms with Crippen molar-refractivity contribution in [1.82, 2.24) is 4.90 Å². The Morgan fingerprint density at radius 1 is 1.27 bits per heavy atom. The summed E-state index contributed by atoms with van der Waals surface area (Å²) in [5, 5.41) is 9.60. The highest BCUT2D eigenvalue weighted by Gasteiger charge is 2.34. The van der Waals surface area contributed by atoms with Crippen LogP contribution in [0.15, 0.2) is 51.0 Å². The largest absolute Gasteiger partial charge is 0.440 e. The van der Waals surface area contributed by atoms with Gasteiger partial charge in [-0.1, -0.05) is 12.1 Å². The summed E-state index contributed by atoms with van der Waals surface area (Å²) in [6.07, 6.45) is -0.458. The molecule has 1 fully saturated rings. The molecule has 2 aliphatic rings. The fourth-order valence-electron chi connectivity index (χ4n) is 3.49. The van der Waals surface area contributed by atoms with Crippen LogP contribution in [0.4, 0.5) is 4.79 Å². The number of rotatable bonds is 2. The molecule has 0 radical (unpaired) electrons. The average Bonchev–Trinajstić information content (AvgIpc) is 2.73. The maximum Gasteiger partial charge on any atom is 0.415 e. The zero-order valence-corrected chi connectivity index (χ0v) is 16.2. The predicted octanol–water partition coefficient (Wildman–Crippen LogP) is 2.00. The third-order valence-electron chi connectivity index (χ3n) is 4.94. The third-order valence-corrected chi connectivity index (χ3v) is 4.94. The summed E-state index contributed by atoms with van der Waals surface area (Å²) in [6.45, 7) is 3.52. The number of allylic oxidation sites excluding steroid dienone is 1. The van der Waals surface area contributed by atoms with Gasteiger partial charge in [0.25, 0.3) is 0 Å². The van der Waals surface area contributed by atoms with Crippen molar-refractivity contribution in [2.24, 2.45) is 5.73 Å². The number of aryl methyl sites for hydroxylation is 1. The SMILES string of the molecule is Cc1cc2c(c(=O)o1)C(c1ccc(OC(=O)N3CCOCC3)cc1)C(C#N)=C(N)O2. The van der Waals surface area contributed by atoms with Gasteiger partial charge in [0.15, 0.2) is 0 Å². The van der Waals surface area contributed by atoms with Crippen LogP contribution in [0.3, 0.4) is 0 Å². The van der Waals surface area contributed by atoms with Gasteiger partial charge in [-0.05, 0) is 24.6 Å². The Hall–Kier alpha value is -3.77. The van der Waals surface area contributed by atoms with Crippen molar-refractivity contribution in [1.29, 1.82) is 5.26 Å². The lowest BCUT2D eigenvalue weighted by Crippen LogP contribution is -2.42. The molecule has 30 heavy (non-hydrogen) atoms. The van der Waals surface area contributed by atoms with E-state index in [1.54, 1.807) is 42.2 Å². The fraction of sp³-hybridized carbons (Fsp3) is 0.286. The number of amides is 1. The first-order valence-corrected chi connectivity index (χ1v) is 9.34. The van der Waals surface area contributed by atoms with Crippen LogP contribution < -0.4 is 20.8 Å². The van der Waals surface area contributed by atoms with Gasteiger partial charge in [-0.2, -0.15) is 5.26 Å². The van der Waals surface area contributed by atoms with Crippen molar-refractivity contribution in [3.8, 4) is 17.6 Å². The van der Waals surface area contributed by atoms with E-state index in [4.69, 9.17) is 24.4 Å². The van der Waals surface area contributed by atoms with Gasteiger partial charge < -0.3 is 29.3 Å². The average molecular weight is 409 g/mol. The molecule has 0 spiro atoms. The van der Waals surface area contributed by atoms with Crippen LogP contribution in [0.25, 0.3) is 0 Å². The molecule has 0 saturated carbocycles. The summed E-state index contributed by atoms with van der Waals surface area (Å²) in [7, 11) is 0. The van der Waals surface area contributed by atoms with E-state index in [0.717, 1.165) is 0 Å². The number of nitrogens with two attached hydrogens (primary N) is 1. The van der Waals surface area contributed by atoms with E-state index in [-0.39, 0.29) is 22.8 Å². The molecule has 0 bridgehead atoms. The number of carbonyl (C=O) groups excluding carboxylic acids is 1. The van der Waals surface area contributed by atoms with Gasteiger partial charge in [-0.3, -0.25) is 0 Å². The lowest BCUT2D eigenvalue weighted by molar-refractivity contribution is 0.0416. The number of carbonyl (C=O) groups is 1. The first kappa shape index (κ1) is 19.5. The number of hydrogen-bond donors (Lipinski definition) is 1. The molecule has 1 unspecified atom stereocenters. The molecule has 0 aliphatic carbocycles. The molecule has 2 aliphatic heterocycles. The molecule has 1 saturated heterocycles. The van der Waals surface area contributed by atoms with Crippen molar-refractivity contribution in [2.45, 2.75) is 12.8 Å². The minimum atomic E-state index is -0.750. The number of ether oxygens (including phenoxy) is 3. The van der Waals surface area contributed by atoms with Crippen LogP contribution in [-0.2, 0) is 4.74 Å². The molecule has 3 heterocycles. The minimum absolute atomic E-state index is 0.0668. The molecule has 1 atom stereocenters. The smallest absolute Gasteiger partial charge is 0.415 e. The first-order chi connectivity index (χ1) is 14.5. The van der Waals surface area contributed by atoms with Crippen molar-refractivity contribution in [2.75, 3.05) is 26.3 Å². The topological polar surface area (TPSA) is 128 Å². The Labute approximate surface area is 171 Å². The van der Waals surface area contributed by atoms with Gasteiger partial charge in [0, 0.05) is 19.2 Å². The quantitative estimate of drug-likeness (QED) is 0.798. The summed E-state index contributed by atoms with van der Waals surface area (Å²) >= 11 is 0. The van der Waals surface area contributed by atoms with Crippen molar-refractivity contribution >= 4 is 6.09 Å². The van der Waals surface area contributed by atoms with Gasteiger partial charge in [0.1, 0.15) is 28.9 Å². The summed E-state index contributed by atoms with van der Waals surface area (Å²) in [6, 6.07) is 10.1. The molecule has 9 nitrogen and oxygen atoms in total. The van der Waals surface area contributed by atoms with Crippen LogP contribution in [-0.4, -0.2) is 37.3 Å². The number of fused-ring (bicyclic) bond motifs is 1. The Balaban J connectivity index is 1.64. The maximum atomic E-state index is 12.5. The van der Waals surface area contributed by atoms with Gasteiger partial charge >= 0.3 is 11.7 Å². The van der Waals surface area contributed by atoms with Gasteiger partial charge in [0.2, 0.25) is 5.88 Å². The second-order valence-corrected chi connectivity index (χ2v) is 6.88. The molecular weight excluding hydrogens is 390 g/mol. The Bertz CT molecular complexity index is 1110. The molecule has 9 heteroatoms. The van der Waals surface area contributed by atoms with Gasteiger partial charge in [0.05, 0.1) is 24.7 Å². The molecule has 1 aromatic heterocycles. The van der Waals surface area contributed by atoms with E-state index < -0.39 is 17.6 Å². The van der Waals surface area contributed by atoms with Crippen LogP contribution in [0.5, 0.6) is 11.5 Å². The van der Waals surface area contributed by atoms with E-state index in [9.17, 15) is 14.9 Å². The van der Waals surface area contributed by atoms with Crippen LogP contribution in [0.1, 0.15) is 22.8 Å². The van der Waals surface area contributed by atoms with Gasteiger partial charge in [-0.15, -0.1) is 0 Å². The third kappa shape index (κ3) is 3.60. The fourth-order valence-corrected chi connectivity index (χ4v) is 3.49. The summed E-state index contributed by atoms with van der Waals surface area (Å²) in [4.78, 5) is 26.3. The molecule has 2 aromatic rings. The Morgan fingerprint density at radius 3 is 2.63 bits per heavy atom. The molecule has 4 rings (SSSR count). The molecule has 154 valence electrons. The number of nitrogens with zero attached hydrogens (tertiary/aromatic N) is 2. The van der Waals surface area contributed by atoms with Crippen molar-refractivity contribution < 1.29 is 23.4 Å². The number of benzene rings is 1. The highest BCUT2D eigenvalue weighted by atomic mass is 16.6. The van der Waals surface area contributed by atoms with Crippen LogP contribution in [0, 0.1) is 18.3 Å². The summed E-state index contributed by atoms with van der Waals surface area (Å²) in [5.74, 6) is 0.153. The molecular formula is C21H19N3O6. The second kappa shape index (κ2) is 7.93. The van der Waals surface area contributed by atoms with E-state index in [0.29, 0.717) is 43.4 Å². The standard InChI is InChI=1S/C21H19N3O6/c1-12-10-16-18(20(25)28-12)17(15(11-22)19(23)30-16)13-2-4-14(5-3-13)29-21(26)24-6-8-27-9-7-24/h2-5,10,17H,6-9,23H2,1H3. The van der Waals surface area contributed by atoms with E-state index in [1.165, 1.54) is 0 Å². The molecule has 2 N–H and O–H groups in total. The van der Waals surface area contributed by atoms with Crippen LogP contribution in [0.2, 0.25) is 0 Å². The zero-order chi connectivity index (χ0) is 21.3. The maximum absolute atomic E-state index is 12.5. The lowest BCUT2D eigenvalue weighted by Gasteiger charge is -2.26. The second-order valence-electron chi connectivity index (χ2n) is 6.88. The normalized spacial score (nSPS) is 18.3. The Morgan fingerprint density at radius 2 is 1.97 bits per heavy atom. The Kier molecular flexibility index (Phi) is 5.16. The predicted molar refractivity (Wildman–Crippen MR) is 104 cm³/mol. The number of morpholine rings is 1. The lowest BCUT2D eigenvalue weighted by atomic mass is 9.84. The van der Waals surface area contributed by atoms with Gasteiger partial charge in [-0.25, -0.2) is 9.59 Å². The van der Waals surface area contributed by atoms with Crippen molar-refractivity contribution in [3.63, 3.8) is 0 Å². The number of hydrogen-bond acceptors (Lipinski definition) is 8. The monoisotopic (exact) mass is 409 g/mol. The molecule has 1 aromatic carbocycles. The summed E-state index contributed by atoms with van der Waals surface area (Å²) in [5.41, 5.74) is 6.25. The molecule has 1 amide bonds. The summed E-state index contributed by atoms with van der Waals surface area (Å²) < 4.78 is 21.3. The highest BCUT2D eigenvalue weighted by Crippen LogP contribution is 2.40. The minimum Gasteiger partial charge on any atom is -0.440 e. The van der Waals surface area contributed by atoms with E-state index >= 15 is 0 Å². The van der Waals surface area contributed by atoms with Crippen LogP contribution >= 0.6 is 0 Å².